The number of carbonyl (C=O) groups excluding carboxylic acids is 1. The first-order valence-corrected chi connectivity index (χ1v) is 13.6. The standard InChI is InChI=1S/C31H36N4O5/c1-19(18-36)32-28-33-26-24(27(37)35(28)5)23(20-10-7-6-8-11-20)25(39-26)21-12-14-22(15-13-21)31(16-9-17-31)34-29(38)40-30(2,3)4/h6-8,10-15,19,36H,9,16-18H2,1-5H3,(H,32,33)(H,34,38)/t19-/m0/s1. The van der Waals surface area contributed by atoms with Crippen LogP contribution in [0, 0.1) is 0 Å². The maximum atomic E-state index is 13.6. The second kappa shape index (κ2) is 10.5. The summed E-state index contributed by atoms with van der Waals surface area (Å²) in [4.78, 5) is 30.8. The van der Waals surface area contributed by atoms with Crippen molar-refractivity contribution in [2.24, 2.45) is 7.05 Å². The first kappa shape index (κ1) is 27.5. The van der Waals surface area contributed by atoms with Crippen LogP contribution in [0.25, 0.3) is 33.6 Å². The Morgan fingerprint density at radius 2 is 1.80 bits per heavy atom. The van der Waals surface area contributed by atoms with Crippen molar-refractivity contribution in [1.29, 1.82) is 0 Å². The van der Waals surface area contributed by atoms with E-state index in [1.54, 1.807) is 14.0 Å². The number of aliphatic hydroxyl groups excluding tert-OH is 1. The zero-order chi connectivity index (χ0) is 28.7. The second-order valence-corrected chi connectivity index (χ2v) is 11.5. The Hall–Kier alpha value is -4.11. The molecule has 0 bridgehead atoms. The Balaban J connectivity index is 1.58. The van der Waals surface area contributed by atoms with Gasteiger partial charge >= 0.3 is 6.09 Å². The third kappa shape index (κ3) is 5.21. The van der Waals surface area contributed by atoms with E-state index >= 15 is 0 Å². The lowest BCUT2D eigenvalue weighted by Gasteiger charge is -2.43. The van der Waals surface area contributed by atoms with Crippen LogP contribution in [0.15, 0.2) is 63.8 Å². The molecule has 9 heteroatoms. The highest BCUT2D eigenvalue weighted by Crippen LogP contribution is 2.43. The molecule has 0 unspecified atom stereocenters. The molecule has 1 saturated carbocycles. The maximum Gasteiger partial charge on any atom is 0.408 e. The number of nitrogens with zero attached hydrogens (tertiary/aromatic N) is 2. The number of nitrogens with one attached hydrogen (secondary N) is 2. The number of hydrogen-bond acceptors (Lipinski definition) is 7. The topological polar surface area (TPSA) is 119 Å². The van der Waals surface area contributed by atoms with E-state index in [4.69, 9.17) is 9.15 Å². The van der Waals surface area contributed by atoms with Crippen LogP contribution in [0.4, 0.5) is 10.7 Å². The molecule has 9 nitrogen and oxygen atoms in total. The molecule has 0 spiro atoms. The molecule has 5 rings (SSSR count). The van der Waals surface area contributed by atoms with Crippen molar-refractivity contribution in [3.8, 4) is 22.5 Å². The molecule has 1 aliphatic carbocycles. The van der Waals surface area contributed by atoms with E-state index in [1.807, 2.05) is 75.4 Å². The number of rotatable bonds is 7. The molecule has 40 heavy (non-hydrogen) atoms. The summed E-state index contributed by atoms with van der Waals surface area (Å²) in [5, 5.41) is 16.0. The maximum absolute atomic E-state index is 13.6. The summed E-state index contributed by atoms with van der Waals surface area (Å²) in [5.41, 5.74) is 2.20. The first-order chi connectivity index (χ1) is 19.0. The zero-order valence-corrected chi connectivity index (χ0v) is 23.6. The fourth-order valence-electron chi connectivity index (χ4n) is 5.07. The van der Waals surface area contributed by atoms with E-state index in [0.717, 1.165) is 36.0 Å². The monoisotopic (exact) mass is 544 g/mol. The lowest BCUT2D eigenvalue weighted by Crippen LogP contribution is -2.52. The summed E-state index contributed by atoms with van der Waals surface area (Å²) in [6.07, 6.45) is 2.24. The van der Waals surface area contributed by atoms with Gasteiger partial charge in [0.05, 0.1) is 12.1 Å². The van der Waals surface area contributed by atoms with E-state index in [0.29, 0.717) is 22.7 Å². The minimum Gasteiger partial charge on any atom is -0.444 e. The molecule has 1 aliphatic rings. The van der Waals surface area contributed by atoms with Gasteiger partial charge in [0, 0.05) is 24.2 Å². The minimum atomic E-state index is -0.579. The van der Waals surface area contributed by atoms with Crippen LogP contribution in [0.2, 0.25) is 0 Å². The number of alkyl carbamates (subject to hydrolysis) is 1. The molecule has 3 N–H and O–H groups in total. The fraction of sp³-hybridized carbons (Fsp3) is 0.387. The summed E-state index contributed by atoms with van der Waals surface area (Å²) < 4.78 is 13.3. The van der Waals surface area contributed by atoms with Gasteiger partial charge in [0.1, 0.15) is 16.7 Å². The molecule has 1 fully saturated rings. The van der Waals surface area contributed by atoms with E-state index in [9.17, 15) is 14.7 Å². The fourth-order valence-corrected chi connectivity index (χ4v) is 5.07. The summed E-state index contributed by atoms with van der Waals surface area (Å²) in [6.45, 7) is 7.24. The van der Waals surface area contributed by atoms with E-state index in [1.165, 1.54) is 4.57 Å². The highest BCUT2D eigenvalue weighted by molar-refractivity contribution is 6.00. The number of hydrogen-bond donors (Lipinski definition) is 3. The van der Waals surface area contributed by atoms with Crippen molar-refractivity contribution in [3.63, 3.8) is 0 Å². The number of furan rings is 1. The van der Waals surface area contributed by atoms with Gasteiger partial charge in [-0.3, -0.25) is 9.36 Å². The van der Waals surface area contributed by atoms with E-state index in [2.05, 4.69) is 15.6 Å². The summed E-state index contributed by atoms with van der Waals surface area (Å²) >= 11 is 0. The number of anilines is 1. The van der Waals surface area contributed by atoms with Gasteiger partial charge in [0.25, 0.3) is 5.56 Å². The van der Waals surface area contributed by atoms with Crippen molar-refractivity contribution in [1.82, 2.24) is 14.9 Å². The van der Waals surface area contributed by atoms with Gasteiger partial charge in [0.15, 0.2) is 0 Å². The smallest absolute Gasteiger partial charge is 0.408 e. The van der Waals surface area contributed by atoms with Gasteiger partial charge in [-0.2, -0.15) is 4.98 Å². The predicted octanol–water partition coefficient (Wildman–Crippen LogP) is 5.56. The molecule has 2 aromatic heterocycles. The lowest BCUT2D eigenvalue weighted by molar-refractivity contribution is 0.0377. The molecular formula is C31H36N4O5. The SMILES string of the molecule is C[C@@H](CO)Nc1nc2oc(-c3ccc(C4(NC(=O)OC(C)(C)C)CCC4)cc3)c(-c3ccccc3)c2c(=O)n1C. The summed E-state index contributed by atoms with van der Waals surface area (Å²) in [7, 11) is 1.65. The average Bonchev–Trinajstić information content (AvgIpc) is 3.28. The molecule has 2 aromatic carbocycles. The number of benzene rings is 2. The Morgan fingerprint density at radius 3 is 2.38 bits per heavy atom. The third-order valence-electron chi connectivity index (χ3n) is 7.29. The number of ether oxygens (including phenoxy) is 1. The Kier molecular flexibility index (Phi) is 7.18. The van der Waals surface area contributed by atoms with Crippen molar-refractivity contribution in [2.75, 3.05) is 11.9 Å². The van der Waals surface area contributed by atoms with Crippen LogP contribution in [0.5, 0.6) is 0 Å². The molecule has 4 aromatic rings. The number of fused-ring (bicyclic) bond motifs is 1. The van der Waals surface area contributed by atoms with Gasteiger partial charge < -0.3 is 24.9 Å². The van der Waals surface area contributed by atoms with Gasteiger partial charge in [-0.15, -0.1) is 0 Å². The third-order valence-corrected chi connectivity index (χ3v) is 7.29. The van der Waals surface area contributed by atoms with Crippen LogP contribution in [0.3, 0.4) is 0 Å². The quantitative estimate of drug-likeness (QED) is 0.279. The number of aliphatic hydroxyl groups is 1. The Labute approximate surface area is 233 Å². The van der Waals surface area contributed by atoms with Crippen molar-refractivity contribution >= 4 is 23.1 Å². The molecule has 1 atom stereocenters. The van der Waals surface area contributed by atoms with Crippen LogP contribution >= 0.6 is 0 Å². The van der Waals surface area contributed by atoms with Crippen molar-refractivity contribution in [3.05, 3.63) is 70.5 Å². The number of amides is 1. The molecule has 0 radical (unpaired) electrons. The Morgan fingerprint density at radius 1 is 1.12 bits per heavy atom. The normalized spacial score (nSPS) is 15.3. The number of aromatic nitrogens is 2. The van der Waals surface area contributed by atoms with Crippen LogP contribution in [-0.4, -0.2) is 39.0 Å². The van der Waals surface area contributed by atoms with Gasteiger partial charge in [-0.25, -0.2) is 4.79 Å². The molecular weight excluding hydrogens is 508 g/mol. The van der Waals surface area contributed by atoms with Crippen LogP contribution < -0.4 is 16.2 Å². The Bertz CT molecular complexity index is 1580. The summed E-state index contributed by atoms with van der Waals surface area (Å²) in [5.74, 6) is 0.849. The highest BCUT2D eigenvalue weighted by Gasteiger charge is 2.41. The second-order valence-electron chi connectivity index (χ2n) is 11.5. The largest absolute Gasteiger partial charge is 0.444 e. The molecule has 2 heterocycles. The predicted molar refractivity (Wildman–Crippen MR) is 155 cm³/mol. The van der Waals surface area contributed by atoms with E-state index in [-0.39, 0.29) is 23.9 Å². The molecule has 0 saturated heterocycles. The van der Waals surface area contributed by atoms with Crippen molar-refractivity contribution < 1.29 is 19.1 Å². The van der Waals surface area contributed by atoms with Crippen LogP contribution in [0.1, 0.15) is 52.5 Å². The molecule has 0 aliphatic heterocycles. The number of carbonyl (C=O) groups is 1. The molecule has 210 valence electrons. The van der Waals surface area contributed by atoms with E-state index < -0.39 is 17.2 Å². The average molecular weight is 545 g/mol. The van der Waals surface area contributed by atoms with Gasteiger partial charge in [0.2, 0.25) is 11.7 Å². The van der Waals surface area contributed by atoms with Crippen LogP contribution in [-0.2, 0) is 17.3 Å². The minimum absolute atomic E-state index is 0.108. The zero-order valence-electron chi connectivity index (χ0n) is 23.6. The van der Waals surface area contributed by atoms with Gasteiger partial charge in [-0.05, 0) is 58.1 Å². The van der Waals surface area contributed by atoms with Gasteiger partial charge in [-0.1, -0.05) is 54.6 Å². The summed E-state index contributed by atoms with van der Waals surface area (Å²) in [6, 6.07) is 17.2. The molecule has 1 amide bonds. The van der Waals surface area contributed by atoms with Crippen molar-refractivity contribution in [2.45, 2.75) is 64.1 Å². The lowest BCUT2D eigenvalue weighted by atomic mass is 9.71. The first-order valence-electron chi connectivity index (χ1n) is 13.6. The highest BCUT2D eigenvalue weighted by atomic mass is 16.6.